The molecule has 3 aromatic rings. The van der Waals surface area contributed by atoms with Gasteiger partial charge >= 0.3 is 0 Å². The number of furan rings is 1. The van der Waals surface area contributed by atoms with E-state index in [1.165, 1.54) is 0 Å². The van der Waals surface area contributed by atoms with Crippen molar-refractivity contribution in [2.45, 2.75) is 6.54 Å². The second-order valence-corrected chi connectivity index (χ2v) is 4.18. The summed E-state index contributed by atoms with van der Waals surface area (Å²) in [5, 5.41) is 6.60. The number of hydrogen-bond acceptors (Lipinski definition) is 4. The highest BCUT2D eigenvalue weighted by atomic mass is 16.3. The Morgan fingerprint density at radius 2 is 2.26 bits per heavy atom. The molecule has 0 saturated carbocycles. The summed E-state index contributed by atoms with van der Waals surface area (Å²) in [7, 11) is 0. The lowest BCUT2D eigenvalue weighted by Gasteiger charge is -2.08. The van der Waals surface area contributed by atoms with E-state index in [9.17, 15) is 4.79 Å². The monoisotopic (exact) mass is 256 g/mol. The lowest BCUT2D eigenvalue weighted by molar-refractivity contribution is 0.561. The largest absolute Gasteiger partial charge is 0.472 e. The van der Waals surface area contributed by atoms with Crippen LogP contribution in [-0.4, -0.2) is 14.8 Å². The maximum absolute atomic E-state index is 12.4. The highest BCUT2D eigenvalue weighted by Gasteiger charge is 2.12. The van der Waals surface area contributed by atoms with E-state index in [4.69, 9.17) is 10.2 Å². The van der Waals surface area contributed by atoms with Crippen LogP contribution in [0.3, 0.4) is 0 Å². The quantitative estimate of drug-likeness (QED) is 0.742. The molecule has 0 spiro atoms. The van der Waals surface area contributed by atoms with Gasteiger partial charge in [0.15, 0.2) is 0 Å². The zero-order valence-corrected chi connectivity index (χ0v) is 10.0. The van der Waals surface area contributed by atoms with Crippen LogP contribution in [0.2, 0.25) is 0 Å². The number of aromatic amines is 1. The zero-order valence-electron chi connectivity index (χ0n) is 10.0. The second-order valence-electron chi connectivity index (χ2n) is 4.18. The molecule has 0 aliphatic carbocycles. The molecule has 0 amide bonds. The summed E-state index contributed by atoms with van der Waals surface area (Å²) in [6.45, 7) is 0.441. The first kappa shape index (κ1) is 11.3. The minimum Gasteiger partial charge on any atom is -0.472 e. The molecule has 6 nitrogen and oxygen atoms in total. The van der Waals surface area contributed by atoms with Crippen LogP contribution in [0.4, 0.5) is 5.69 Å². The fraction of sp³-hybridized carbons (Fsp3) is 0.0769. The van der Waals surface area contributed by atoms with Crippen molar-refractivity contribution in [2.24, 2.45) is 0 Å². The van der Waals surface area contributed by atoms with Crippen molar-refractivity contribution in [3.63, 3.8) is 0 Å². The predicted octanol–water partition coefficient (Wildman–Crippen LogP) is 1.46. The minimum absolute atomic E-state index is 0.162. The average molecular weight is 256 g/mol. The van der Waals surface area contributed by atoms with Gasteiger partial charge in [0.2, 0.25) is 0 Å². The molecular weight excluding hydrogens is 244 g/mol. The molecule has 0 aliphatic heterocycles. The van der Waals surface area contributed by atoms with Crippen molar-refractivity contribution in [3.05, 3.63) is 59.0 Å². The van der Waals surface area contributed by atoms with Crippen molar-refractivity contribution in [2.75, 3.05) is 5.73 Å². The van der Waals surface area contributed by atoms with E-state index in [-0.39, 0.29) is 5.56 Å². The Hall–Kier alpha value is -2.76. The second kappa shape index (κ2) is 4.49. The van der Waals surface area contributed by atoms with Gasteiger partial charge in [0.05, 0.1) is 30.3 Å². The summed E-state index contributed by atoms with van der Waals surface area (Å²) in [6, 6.07) is 5.24. The summed E-state index contributed by atoms with van der Waals surface area (Å²) in [5.41, 5.74) is 8.11. The third kappa shape index (κ3) is 2.03. The summed E-state index contributed by atoms with van der Waals surface area (Å²) < 4.78 is 6.58. The van der Waals surface area contributed by atoms with Crippen LogP contribution in [0.15, 0.2) is 52.3 Å². The van der Waals surface area contributed by atoms with Crippen LogP contribution < -0.4 is 11.3 Å². The molecule has 96 valence electrons. The Kier molecular flexibility index (Phi) is 2.68. The molecule has 3 N–H and O–H groups in total. The molecule has 0 saturated heterocycles. The first-order valence-electron chi connectivity index (χ1n) is 5.75. The molecule has 3 heterocycles. The lowest BCUT2D eigenvalue weighted by Crippen LogP contribution is -2.22. The normalized spacial score (nSPS) is 10.7. The lowest BCUT2D eigenvalue weighted by atomic mass is 10.1. The number of aromatic nitrogens is 3. The van der Waals surface area contributed by atoms with E-state index >= 15 is 0 Å². The van der Waals surface area contributed by atoms with E-state index < -0.39 is 0 Å². The highest BCUT2D eigenvalue weighted by Crippen LogP contribution is 2.19. The van der Waals surface area contributed by atoms with Crippen molar-refractivity contribution >= 4 is 5.69 Å². The van der Waals surface area contributed by atoms with Gasteiger partial charge in [-0.05, 0) is 18.2 Å². The number of hydrogen-bond donors (Lipinski definition) is 2. The molecule has 0 atom stereocenters. The van der Waals surface area contributed by atoms with Gasteiger partial charge in [-0.1, -0.05) is 0 Å². The minimum atomic E-state index is -0.162. The van der Waals surface area contributed by atoms with Gasteiger partial charge in [0, 0.05) is 23.6 Å². The number of nitrogens with zero attached hydrogens (tertiary/aromatic N) is 2. The van der Waals surface area contributed by atoms with Gasteiger partial charge in [-0.15, -0.1) is 0 Å². The number of rotatable bonds is 3. The molecule has 0 aliphatic rings. The van der Waals surface area contributed by atoms with Gasteiger partial charge in [-0.2, -0.15) is 5.10 Å². The van der Waals surface area contributed by atoms with E-state index in [1.807, 2.05) is 6.07 Å². The molecule has 3 aromatic heterocycles. The highest BCUT2D eigenvalue weighted by molar-refractivity contribution is 5.72. The van der Waals surface area contributed by atoms with Crippen molar-refractivity contribution < 1.29 is 4.42 Å². The Morgan fingerprint density at radius 1 is 1.37 bits per heavy atom. The molecule has 0 unspecified atom stereocenters. The molecule has 19 heavy (non-hydrogen) atoms. The van der Waals surface area contributed by atoms with Crippen molar-refractivity contribution in [1.82, 2.24) is 14.8 Å². The first-order valence-corrected chi connectivity index (χ1v) is 5.75. The molecule has 0 radical (unpaired) electrons. The van der Waals surface area contributed by atoms with Gasteiger partial charge < -0.3 is 14.7 Å². The smallest absolute Gasteiger partial charge is 0.262 e. The van der Waals surface area contributed by atoms with Crippen LogP contribution >= 0.6 is 0 Å². The standard InChI is InChI=1S/C13H12N4O2/c14-10-2-5-17(7-9-3-6-19-8-9)13(18)12(10)11-1-4-15-16-11/h1-6,8H,7,14H2,(H,15,16). The molecule has 0 bridgehead atoms. The number of pyridine rings is 1. The van der Waals surface area contributed by atoms with E-state index in [1.54, 1.807) is 41.6 Å². The van der Waals surface area contributed by atoms with Crippen LogP contribution in [-0.2, 0) is 6.54 Å². The van der Waals surface area contributed by atoms with Crippen LogP contribution in [0.1, 0.15) is 5.56 Å². The Bertz CT molecular complexity index is 727. The Balaban J connectivity index is 2.09. The van der Waals surface area contributed by atoms with E-state index in [2.05, 4.69) is 10.2 Å². The number of anilines is 1. The maximum atomic E-state index is 12.4. The molecule has 0 aromatic carbocycles. The number of H-pyrrole nitrogens is 1. The Labute approximate surface area is 108 Å². The van der Waals surface area contributed by atoms with Crippen LogP contribution in [0.5, 0.6) is 0 Å². The fourth-order valence-corrected chi connectivity index (χ4v) is 1.96. The third-order valence-electron chi connectivity index (χ3n) is 2.90. The molecule has 3 rings (SSSR count). The van der Waals surface area contributed by atoms with Crippen molar-refractivity contribution in [1.29, 1.82) is 0 Å². The summed E-state index contributed by atoms with van der Waals surface area (Å²) >= 11 is 0. The molecular formula is C13H12N4O2. The maximum Gasteiger partial charge on any atom is 0.262 e. The molecule has 6 heteroatoms. The van der Waals surface area contributed by atoms with Gasteiger partial charge in [0.25, 0.3) is 5.56 Å². The predicted molar refractivity (Wildman–Crippen MR) is 70.5 cm³/mol. The first-order chi connectivity index (χ1) is 9.25. The summed E-state index contributed by atoms with van der Waals surface area (Å²) in [6.07, 6.45) is 6.44. The number of nitrogens with one attached hydrogen (secondary N) is 1. The van der Waals surface area contributed by atoms with Crippen LogP contribution in [0, 0.1) is 0 Å². The van der Waals surface area contributed by atoms with E-state index in [0.29, 0.717) is 23.5 Å². The van der Waals surface area contributed by atoms with Crippen LogP contribution in [0.25, 0.3) is 11.3 Å². The Morgan fingerprint density at radius 3 is 2.95 bits per heavy atom. The van der Waals surface area contributed by atoms with E-state index in [0.717, 1.165) is 5.56 Å². The zero-order chi connectivity index (χ0) is 13.2. The SMILES string of the molecule is Nc1ccn(Cc2ccoc2)c(=O)c1-c1ccn[nH]1. The van der Waals surface area contributed by atoms with Gasteiger partial charge in [-0.3, -0.25) is 9.89 Å². The van der Waals surface area contributed by atoms with Crippen molar-refractivity contribution in [3.8, 4) is 11.3 Å². The third-order valence-corrected chi connectivity index (χ3v) is 2.90. The fourth-order valence-electron chi connectivity index (χ4n) is 1.96. The summed E-state index contributed by atoms with van der Waals surface area (Å²) in [4.78, 5) is 12.4. The number of nitrogens with two attached hydrogens (primary N) is 1. The van der Waals surface area contributed by atoms with Gasteiger partial charge in [-0.25, -0.2) is 0 Å². The van der Waals surface area contributed by atoms with Gasteiger partial charge in [0.1, 0.15) is 0 Å². The topological polar surface area (TPSA) is 89.8 Å². The number of nitrogen functional groups attached to an aromatic ring is 1. The summed E-state index contributed by atoms with van der Waals surface area (Å²) in [5.74, 6) is 0. The molecule has 0 fully saturated rings. The average Bonchev–Trinajstić information content (AvgIpc) is 3.06.